The zero-order valence-electron chi connectivity index (χ0n) is 15.5. The summed E-state index contributed by atoms with van der Waals surface area (Å²) >= 11 is 6.15. The molecule has 0 spiro atoms. The third-order valence-corrected chi connectivity index (χ3v) is 5.39. The highest BCUT2D eigenvalue weighted by molar-refractivity contribution is 6.31. The van der Waals surface area contributed by atoms with Crippen LogP contribution in [0.3, 0.4) is 0 Å². The highest BCUT2D eigenvalue weighted by Gasteiger charge is 2.26. The standard InChI is InChI=1S/C21H25ClN2O2/c1-4-26-18-9-8-16-10-11-24(13-17(16)12-18)15(3)21(25)23-20-7-5-6-19(22)14(20)2/h5-9,12,15H,4,10-11,13H2,1-3H3,(H,23,25). The second kappa shape index (κ2) is 8.11. The lowest BCUT2D eigenvalue weighted by Gasteiger charge is -2.33. The second-order valence-electron chi connectivity index (χ2n) is 6.66. The molecule has 3 rings (SSSR count). The average Bonchev–Trinajstić information content (AvgIpc) is 2.64. The monoisotopic (exact) mass is 372 g/mol. The summed E-state index contributed by atoms with van der Waals surface area (Å²) in [7, 11) is 0. The minimum atomic E-state index is -0.225. The van der Waals surface area contributed by atoms with Crippen LogP contribution in [0.15, 0.2) is 36.4 Å². The number of fused-ring (bicyclic) bond motifs is 1. The summed E-state index contributed by atoms with van der Waals surface area (Å²) in [6.07, 6.45) is 0.940. The Balaban J connectivity index is 1.70. The van der Waals surface area contributed by atoms with Gasteiger partial charge in [-0.25, -0.2) is 0 Å². The van der Waals surface area contributed by atoms with Crippen molar-refractivity contribution in [2.45, 2.75) is 39.8 Å². The predicted molar refractivity (Wildman–Crippen MR) is 106 cm³/mol. The van der Waals surface area contributed by atoms with Crippen molar-refractivity contribution in [3.05, 3.63) is 58.1 Å². The zero-order valence-corrected chi connectivity index (χ0v) is 16.3. The minimum absolute atomic E-state index is 0.0141. The van der Waals surface area contributed by atoms with E-state index in [1.807, 2.05) is 45.0 Å². The first-order valence-corrected chi connectivity index (χ1v) is 9.42. The first-order valence-electron chi connectivity index (χ1n) is 9.04. The molecule has 1 heterocycles. The van der Waals surface area contributed by atoms with Gasteiger partial charge in [-0.15, -0.1) is 0 Å². The Morgan fingerprint density at radius 2 is 2.12 bits per heavy atom. The number of ether oxygens (including phenoxy) is 1. The molecule has 5 heteroatoms. The van der Waals surface area contributed by atoms with E-state index in [2.05, 4.69) is 22.3 Å². The number of halogens is 1. The lowest BCUT2D eigenvalue weighted by atomic mass is 9.98. The number of nitrogens with one attached hydrogen (secondary N) is 1. The van der Waals surface area contributed by atoms with E-state index in [-0.39, 0.29) is 11.9 Å². The molecular weight excluding hydrogens is 348 g/mol. The van der Waals surface area contributed by atoms with Gasteiger partial charge in [0.25, 0.3) is 0 Å². The number of amides is 1. The van der Waals surface area contributed by atoms with Crippen molar-refractivity contribution in [2.24, 2.45) is 0 Å². The van der Waals surface area contributed by atoms with Crippen LogP contribution in [0.5, 0.6) is 5.75 Å². The molecule has 1 N–H and O–H groups in total. The highest BCUT2D eigenvalue weighted by Crippen LogP contribution is 2.26. The van der Waals surface area contributed by atoms with E-state index in [4.69, 9.17) is 16.3 Å². The van der Waals surface area contributed by atoms with Crippen molar-refractivity contribution in [1.82, 2.24) is 4.90 Å². The summed E-state index contributed by atoms with van der Waals surface area (Å²) in [5.74, 6) is 0.875. The van der Waals surface area contributed by atoms with Gasteiger partial charge in [-0.1, -0.05) is 23.7 Å². The largest absolute Gasteiger partial charge is 0.494 e. The molecule has 138 valence electrons. The van der Waals surface area contributed by atoms with Gasteiger partial charge in [0, 0.05) is 23.8 Å². The number of anilines is 1. The molecule has 26 heavy (non-hydrogen) atoms. The van der Waals surface area contributed by atoms with Crippen molar-refractivity contribution >= 4 is 23.2 Å². The Hall–Kier alpha value is -2.04. The maximum absolute atomic E-state index is 12.7. The van der Waals surface area contributed by atoms with Gasteiger partial charge in [-0.2, -0.15) is 0 Å². The average molecular weight is 373 g/mol. The van der Waals surface area contributed by atoms with E-state index < -0.39 is 0 Å². The Morgan fingerprint density at radius 3 is 2.88 bits per heavy atom. The minimum Gasteiger partial charge on any atom is -0.494 e. The lowest BCUT2D eigenvalue weighted by molar-refractivity contribution is -0.121. The van der Waals surface area contributed by atoms with Gasteiger partial charge in [-0.3, -0.25) is 9.69 Å². The SMILES string of the molecule is CCOc1ccc2c(c1)CN(C(C)C(=O)Nc1cccc(Cl)c1C)CC2. The molecule has 0 aliphatic carbocycles. The molecule has 1 aliphatic rings. The molecule has 0 saturated heterocycles. The summed E-state index contributed by atoms with van der Waals surface area (Å²) in [6, 6.07) is 11.6. The molecule has 1 aliphatic heterocycles. The van der Waals surface area contributed by atoms with Crippen molar-refractivity contribution in [2.75, 3.05) is 18.5 Å². The zero-order chi connectivity index (χ0) is 18.7. The van der Waals surface area contributed by atoms with Gasteiger partial charge >= 0.3 is 0 Å². The number of rotatable bonds is 5. The predicted octanol–water partition coefficient (Wildman–Crippen LogP) is 4.43. The van der Waals surface area contributed by atoms with Gasteiger partial charge in [0.1, 0.15) is 5.75 Å². The van der Waals surface area contributed by atoms with Crippen molar-refractivity contribution in [3.8, 4) is 5.75 Å². The van der Waals surface area contributed by atoms with E-state index >= 15 is 0 Å². The number of carbonyl (C=O) groups is 1. The van der Waals surface area contributed by atoms with Gasteiger partial charge in [0.15, 0.2) is 0 Å². The summed E-state index contributed by atoms with van der Waals surface area (Å²) in [4.78, 5) is 14.9. The van der Waals surface area contributed by atoms with Crippen LogP contribution in [0, 0.1) is 6.92 Å². The van der Waals surface area contributed by atoms with E-state index in [0.29, 0.717) is 11.6 Å². The van der Waals surface area contributed by atoms with Crippen molar-refractivity contribution in [3.63, 3.8) is 0 Å². The summed E-state index contributed by atoms with van der Waals surface area (Å²) in [5, 5.41) is 3.67. The first-order chi connectivity index (χ1) is 12.5. The van der Waals surface area contributed by atoms with E-state index in [9.17, 15) is 4.79 Å². The molecule has 0 saturated carbocycles. The number of nitrogens with zero attached hydrogens (tertiary/aromatic N) is 1. The molecule has 0 aromatic heterocycles. The quantitative estimate of drug-likeness (QED) is 0.844. The summed E-state index contributed by atoms with van der Waals surface area (Å²) < 4.78 is 5.61. The van der Waals surface area contributed by atoms with E-state index in [1.165, 1.54) is 11.1 Å². The molecule has 0 radical (unpaired) electrons. The fourth-order valence-electron chi connectivity index (χ4n) is 3.29. The molecule has 2 aromatic rings. The van der Waals surface area contributed by atoms with Gasteiger partial charge in [-0.05, 0) is 68.1 Å². The number of carbonyl (C=O) groups excluding carboxylic acids is 1. The van der Waals surface area contributed by atoms with E-state index in [1.54, 1.807) is 0 Å². The molecule has 2 aromatic carbocycles. The van der Waals surface area contributed by atoms with E-state index in [0.717, 1.165) is 36.5 Å². The number of hydrogen-bond acceptors (Lipinski definition) is 3. The molecule has 0 fully saturated rings. The van der Waals surface area contributed by atoms with Crippen LogP contribution in [-0.4, -0.2) is 30.0 Å². The van der Waals surface area contributed by atoms with Crippen LogP contribution in [0.1, 0.15) is 30.5 Å². The Kier molecular flexibility index (Phi) is 5.84. The first kappa shape index (κ1) is 18.7. The van der Waals surface area contributed by atoms with Crippen LogP contribution in [0.4, 0.5) is 5.69 Å². The molecule has 0 bridgehead atoms. The normalized spacial score (nSPS) is 15.2. The molecular formula is C21H25ClN2O2. The lowest BCUT2D eigenvalue weighted by Crippen LogP contribution is -2.44. The molecule has 4 nitrogen and oxygen atoms in total. The molecule has 1 unspecified atom stereocenters. The Morgan fingerprint density at radius 1 is 1.31 bits per heavy atom. The molecule has 1 atom stereocenters. The fraction of sp³-hybridized carbons (Fsp3) is 0.381. The fourth-order valence-corrected chi connectivity index (χ4v) is 3.46. The topological polar surface area (TPSA) is 41.6 Å². The van der Waals surface area contributed by atoms with Crippen molar-refractivity contribution < 1.29 is 9.53 Å². The maximum atomic E-state index is 12.7. The highest BCUT2D eigenvalue weighted by atomic mass is 35.5. The maximum Gasteiger partial charge on any atom is 0.241 e. The van der Waals surface area contributed by atoms with Crippen LogP contribution in [-0.2, 0) is 17.8 Å². The van der Waals surface area contributed by atoms with Gasteiger partial charge in [0.2, 0.25) is 5.91 Å². The summed E-state index contributed by atoms with van der Waals surface area (Å²) in [6.45, 7) is 8.11. The summed E-state index contributed by atoms with van der Waals surface area (Å²) in [5.41, 5.74) is 4.23. The van der Waals surface area contributed by atoms with Crippen LogP contribution >= 0.6 is 11.6 Å². The third kappa shape index (κ3) is 4.02. The second-order valence-corrected chi connectivity index (χ2v) is 7.07. The van der Waals surface area contributed by atoms with Crippen LogP contribution in [0.2, 0.25) is 5.02 Å². The number of hydrogen-bond donors (Lipinski definition) is 1. The number of benzene rings is 2. The molecule has 1 amide bonds. The van der Waals surface area contributed by atoms with Gasteiger partial charge < -0.3 is 10.1 Å². The Bertz CT molecular complexity index is 807. The Labute approximate surface area is 160 Å². The smallest absolute Gasteiger partial charge is 0.241 e. The third-order valence-electron chi connectivity index (χ3n) is 4.98. The van der Waals surface area contributed by atoms with Crippen molar-refractivity contribution in [1.29, 1.82) is 0 Å². The van der Waals surface area contributed by atoms with Crippen LogP contribution in [0.25, 0.3) is 0 Å². The van der Waals surface area contributed by atoms with Crippen LogP contribution < -0.4 is 10.1 Å². The van der Waals surface area contributed by atoms with Gasteiger partial charge in [0.05, 0.1) is 12.6 Å².